The van der Waals surface area contributed by atoms with E-state index >= 15 is 0 Å². The zero-order chi connectivity index (χ0) is 29.7. The number of oxazole rings is 1. The highest BCUT2D eigenvalue weighted by molar-refractivity contribution is 6.17. The minimum atomic E-state index is 0.573. The summed E-state index contributed by atoms with van der Waals surface area (Å²) in [4.78, 5) is 7.33. The van der Waals surface area contributed by atoms with Crippen molar-refractivity contribution in [1.82, 2.24) is 4.98 Å². The van der Waals surface area contributed by atoms with Crippen molar-refractivity contribution in [2.24, 2.45) is 0 Å². The highest BCUT2D eigenvalue weighted by Crippen LogP contribution is 2.47. The molecule has 0 amide bonds. The fourth-order valence-corrected chi connectivity index (χ4v) is 6.29. The summed E-state index contributed by atoms with van der Waals surface area (Å²) in [7, 11) is 0. The molecule has 212 valence electrons. The molecule has 0 N–H and O–H groups in total. The van der Waals surface area contributed by atoms with E-state index in [-0.39, 0.29) is 0 Å². The molecule has 0 radical (unpaired) electrons. The number of hydrogen-bond donors (Lipinski definition) is 0. The summed E-state index contributed by atoms with van der Waals surface area (Å²) in [5, 5.41) is 4.48. The van der Waals surface area contributed by atoms with Gasteiger partial charge in [0.15, 0.2) is 11.2 Å². The standard InChI is InChI=1S/C41H26N2O2/c1-3-12-29(13-4-1)41-42-38-37(45-41)26-35-34-17-9-10-18-36(34)44-40(35)39(38)43(32-15-5-2-6-16-32)33-23-21-28(22-24-33)31-20-19-27-11-7-8-14-30(27)25-31/h1-26H. The molecular weight excluding hydrogens is 552 g/mol. The smallest absolute Gasteiger partial charge is 0.227 e. The lowest BCUT2D eigenvalue weighted by Crippen LogP contribution is -2.11. The molecule has 45 heavy (non-hydrogen) atoms. The number of benzene rings is 7. The first kappa shape index (κ1) is 25.4. The zero-order valence-corrected chi connectivity index (χ0v) is 24.2. The fraction of sp³-hybridized carbons (Fsp3) is 0. The van der Waals surface area contributed by atoms with E-state index in [2.05, 4.69) is 108 Å². The molecule has 0 saturated carbocycles. The van der Waals surface area contributed by atoms with Crippen LogP contribution in [0.2, 0.25) is 0 Å². The Bertz CT molecular complexity index is 2480. The van der Waals surface area contributed by atoms with Crippen molar-refractivity contribution in [2.45, 2.75) is 0 Å². The maximum Gasteiger partial charge on any atom is 0.227 e. The average Bonchev–Trinajstić information content (AvgIpc) is 3.71. The molecule has 4 nitrogen and oxygen atoms in total. The molecule has 9 rings (SSSR count). The van der Waals surface area contributed by atoms with E-state index in [0.29, 0.717) is 11.5 Å². The van der Waals surface area contributed by atoms with Gasteiger partial charge in [0.05, 0.1) is 0 Å². The molecule has 4 heteroatoms. The van der Waals surface area contributed by atoms with Crippen molar-refractivity contribution in [3.05, 3.63) is 158 Å². The van der Waals surface area contributed by atoms with E-state index in [4.69, 9.17) is 13.8 Å². The van der Waals surface area contributed by atoms with Gasteiger partial charge in [-0.15, -0.1) is 0 Å². The highest BCUT2D eigenvalue weighted by atomic mass is 16.4. The Balaban J connectivity index is 1.28. The molecule has 2 heterocycles. The van der Waals surface area contributed by atoms with Crippen LogP contribution in [0.3, 0.4) is 0 Å². The van der Waals surface area contributed by atoms with Crippen LogP contribution < -0.4 is 4.90 Å². The predicted molar refractivity (Wildman–Crippen MR) is 184 cm³/mol. The van der Waals surface area contributed by atoms with Crippen molar-refractivity contribution in [2.75, 3.05) is 4.90 Å². The molecule has 7 aromatic carbocycles. The molecule has 0 aliphatic heterocycles. The molecule has 9 aromatic rings. The molecule has 0 atom stereocenters. The largest absolute Gasteiger partial charge is 0.454 e. The number of rotatable bonds is 5. The molecule has 0 spiro atoms. The highest BCUT2D eigenvalue weighted by Gasteiger charge is 2.26. The van der Waals surface area contributed by atoms with Crippen LogP contribution in [0.1, 0.15) is 0 Å². The maximum atomic E-state index is 6.64. The number of aromatic nitrogens is 1. The van der Waals surface area contributed by atoms with Crippen LogP contribution in [-0.2, 0) is 0 Å². The normalized spacial score (nSPS) is 11.6. The van der Waals surface area contributed by atoms with Crippen LogP contribution >= 0.6 is 0 Å². The van der Waals surface area contributed by atoms with E-state index < -0.39 is 0 Å². The summed E-state index contributed by atoms with van der Waals surface area (Å²) in [5.41, 5.74) is 9.11. The van der Waals surface area contributed by atoms with Gasteiger partial charge in [-0.25, -0.2) is 4.98 Å². The van der Waals surface area contributed by atoms with Crippen LogP contribution in [0.5, 0.6) is 0 Å². The predicted octanol–water partition coefficient (Wildman–Crippen LogP) is 11.7. The Morgan fingerprint density at radius 3 is 1.93 bits per heavy atom. The van der Waals surface area contributed by atoms with Crippen LogP contribution in [0.4, 0.5) is 17.1 Å². The van der Waals surface area contributed by atoms with Gasteiger partial charge in [-0.2, -0.15) is 0 Å². The van der Waals surface area contributed by atoms with Gasteiger partial charge in [-0.3, -0.25) is 0 Å². The topological polar surface area (TPSA) is 42.4 Å². The fourth-order valence-electron chi connectivity index (χ4n) is 6.29. The third kappa shape index (κ3) is 4.27. The monoisotopic (exact) mass is 578 g/mol. The summed E-state index contributed by atoms with van der Waals surface area (Å²) in [6.07, 6.45) is 0. The van der Waals surface area contributed by atoms with E-state index in [9.17, 15) is 0 Å². The molecule has 0 bridgehead atoms. The Morgan fingerprint density at radius 2 is 1.11 bits per heavy atom. The average molecular weight is 579 g/mol. The Labute approximate surface area is 259 Å². The zero-order valence-electron chi connectivity index (χ0n) is 24.2. The first-order valence-electron chi connectivity index (χ1n) is 15.0. The van der Waals surface area contributed by atoms with Crippen LogP contribution in [-0.4, -0.2) is 4.98 Å². The van der Waals surface area contributed by atoms with Crippen molar-refractivity contribution in [3.8, 4) is 22.6 Å². The second-order valence-electron chi connectivity index (χ2n) is 11.2. The van der Waals surface area contributed by atoms with Gasteiger partial charge in [-0.05, 0) is 76.5 Å². The molecule has 0 unspecified atom stereocenters. The minimum absolute atomic E-state index is 0.573. The first-order chi connectivity index (χ1) is 22.3. The van der Waals surface area contributed by atoms with Gasteiger partial charge in [0, 0.05) is 27.7 Å². The lowest BCUT2D eigenvalue weighted by Gasteiger charge is -2.25. The Hall–Kier alpha value is -6.13. The SMILES string of the molecule is c1ccc(-c2nc3c(N(c4ccccc4)c4ccc(-c5ccc6ccccc6c5)cc4)c4oc5ccccc5c4cc3o2)cc1. The molecule has 0 fully saturated rings. The van der Waals surface area contributed by atoms with Gasteiger partial charge in [-0.1, -0.05) is 103 Å². The van der Waals surface area contributed by atoms with Gasteiger partial charge < -0.3 is 13.7 Å². The molecular formula is C41H26N2O2. The summed E-state index contributed by atoms with van der Waals surface area (Å²) in [6.45, 7) is 0. The quantitative estimate of drug-likeness (QED) is 0.204. The molecule has 0 saturated heterocycles. The minimum Gasteiger partial charge on any atom is -0.454 e. The summed E-state index contributed by atoms with van der Waals surface area (Å²) < 4.78 is 13.1. The number of anilines is 3. The summed E-state index contributed by atoms with van der Waals surface area (Å²) in [5.74, 6) is 0.573. The van der Waals surface area contributed by atoms with Crippen LogP contribution in [0.25, 0.3) is 66.4 Å². The number of hydrogen-bond acceptors (Lipinski definition) is 4. The van der Waals surface area contributed by atoms with E-state index in [1.165, 1.54) is 16.3 Å². The van der Waals surface area contributed by atoms with Crippen molar-refractivity contribution < 1.29 is 8.83 Å². The molecule has 0 aliphatic rings. The molecule has 0 aliphatic carbocycles. The van der Waals surface area contributed by atoms with E-state index in [1.54, 1.807) is 0 Å². The summed E-state index contributed by atoms with van der Waals surface area (Å²) >= 11 is 0. The maximum absolute atomic E-state index is 6.64. The number of furan rings is 1. The second-order valence-corrected chi connectivity index (χ2v) is 11.2. The summed E-state index contributed by atoms with van der Waals surface area (Å²) in [6, 6.07) is 54.4. The number of para-hydroxylation sites is 2. The Morgan fingerprint density at radius 1 is 0.444 bits per heavy atom. The second kappa shape index (κ2) is 10.2. The van der Waals surface area contributed by atoms with Gasteiger partial charge in [0.25, 0.3) is 0 Å². The van der Waals surface area contributed by atoms with Crippen LogP contribution in [0.15, 0.2) is 167 Å². The molecule has 2 aromatic heterocycles. The van der Waals surface area contributed by atoms with Crippen molar-refractivity contribution in [3.63, 3.8) is 0 Å². The third-order valence-electron chi connectivity index (χ3n) is 8.47. The lowest BCUT2D eigenvalue weighted by molar-refractivity contribution is 0.620. The van der Waals surface area contributed by atoms with Crippen molar-refractivity contribution >= 4 is 60.9 Å². The van der Waals surface area contributed by atoms with Gasteiger partial charge in [0.2, 0.25) is 5.89 Å². The number of nitrogens with zero attached hydrogens (tertiary/aromatic N) is 2. The van der Waals surface area contributed by atoms with Gasteiger partial charge >= 0.3 is 0 Å². The van der Waals surface area contributed by atoms with E-state index in [1.807, 2.05) is 54.6 Å². The third-order valence-corrected chi connectivity index (χ3v) is 8.47. The van der Waals surface area contributed by atoms with Gasteiger partial charge in [0.1, 0.15) is 16.8 Å². The van der Waals surface area contributed by atoms with E-state index in [0.717, 1.165) is 55.6 Å². The van der Waals surface area contributed by atoms with Crippen molar-refractivity contribution in [1.29, 1.82) is 0 Å². The number of fused-ring (bicyclic) bond motifs is 5. The lowest BCUT2D eigenvalue weighted by atomic mass is 10.0. The van der Waals surface area contributed by atoms with Crippen LogP contribution in [0, 0.1) is 0 Å². The Kier molecular flexibility index (Phi) is 5.78. The first-order valence-corrected chi connectivity index (χ1v) is 15.0.